The Morgan fingerprint density at radius 2 is 2.29 bits per heavy atom. The lowest BCUT2D eigenvalue weighted by molar-refractivity contribution is 0.406. The molecule has 1 N–H and O–H groups in total. The summed E-state index contributed by atoms with van der Waals surface area (Å²) in [4.78, 5) is 7.26. The third-order valence-corrected chi connectivity index (χ3v) is 6.32. The molecule has 0 spiro atoms. The van der Waals surface area contributed by atoms with E-state index in [0.717, 1.165) is 43.7 Å². The average molecular weight is 371 g/mol. The number of nitrogens with one attached hydrogen (secondary N) is 1. The van der Waals surface area contributed by atoms with Crippen LogP contribution in [0.1, 0.15) is 31.4 Å². The molecule has 0 amide bonds. The Hall–Kier alpha value is -0.890. The summed E-state index contributed by atoms with van der Waals surface area (Å²) in [6.07, 6.45) is 4.52. The van der Waals surface area contributed by atoms with Crippen LogP contribution < -0.4 is 5.32 Å². The highest BCUT2D eigenvalue weighted by molar-refractivity contribution is 8.00. The standard InChI is InChI=1S/C16H30N6S2/c1-5-14-12-22(8-10-24-14)16(17-7-6-9-23-4)18-11-15-20-19-13(2)21(15)3/h14H,5-12H2,1-4H3,(H,17,18). The number of aryl methyl sites for hydroxylation is 1. The van der Waals surface area contributed by atoms with Gasteiger partial charge in [0, 0.05) is 37.7 Å². The maximum atomic E-state index is 4.85. The molecule has 1 aromatic heterocycles. The van der Waals surface area contributed by atoms with Crippen LogP contribution in [-0.2, 0) is 13.6 Å². The lowest BCUT2D eigenvalue weighted by Crippen LogP contribution is -2.48. The van der Waals surface area contributed by atoms with Crippen molar-refractivity contribution in [1.29, 1.82) is 0 Å². The van der Waals surface area contributed by atoms with Crippen LogP contribution in [-0.4, -0.2) is 68.3 Å². The Labute approximate surface area is 154 Å². The lowest BCUT2D eigenvalue weighted by Gasteiger charge is -2.34. The summed E-state index contributed by atoms with van der Waals surface area (Å²) in [5, 5.41) is 12.6. The van der Waals surface area contributed by atoms with Crippen LogP contribution in [0.15, 0.2) is 4.99 Å². The molecule has 1 aliphatic heterocycles. The molecule has 1 aromatic rings. The van der Waals surface area contributed by atoms with Crippen molar-refractivity contribution in [1.82, 2.24) is 25.0 Å². The van der Waals surface area contributed by atoms with Gasteiger partial charge < -0.3 is 14.8 Å². The monoisotopic (exact) mass is 370 g/mol. The molecule has 0 aromatic carbocycles. The fourth-order valence-electron chi connectivity index (χ4n) is 2.58. The fraction of sp³-hybridized carbons (Fsp3) is 0.812. The van der Waals surface area contributed by atoms with E-state index in [1.807, 2.05) is 30.3 Å². The Kier molecular flexibility index (Phi) is 8.24. The Morgan fingerprint density at radius 1 is 1.46 bits per heavy atom. The summed E-state index contributed by atoms with van der Waals surface area (Å²) in [5.41, 5.74) is 0. The Morgan fingerprint density at radius 3 is 2.96 bits per heavy atom. The van der Waals surface area contributed by atoms with Crippen LogP contribution in [0.25, 0.3) is 0 Å². The second kappa shape index (κ2) is 10.2. The molecule has 1 unspecified atom stereocenters. The second-order valence-electron chi connectivity index (χ2n) is 5.98. The summed E-state index contributed by atoms with van der Waals surface area (Å²) >= 11 is 3.97. The predicted octanol–water partition coefficient (Wildman–Crippen LogP) is 2.15. The highest BCUT2D eigenvalue weighted by atomic mass is 32.2. The van der Waals surface area contributed by atoms with Gasteiger partial charge in [-0.3, -0.25) is 0 Å². The van der Waals surface area contributed by atoms with Gasteiger partial charge in [-0.1, -0.05) is 6.92 Å². The fourth-order valence-corrected chi connectivity index (χ4v) is 4.19. The molecule has 0 saturated carbocycles. The average Bonchev–Trinajstić information content (AvgIpc) is 2.93. The number of aliphatic imine (C=N–C) groups is 1. The minimum absolute atomic E-state index is 0.572. The molecule has 8 heteroatoms. The Bertz CT molecular complexity index is 531. The van der Waals surface area contributed by atoms with E-state index in [2.05, 4.69) is 45.4 Å². The van der Waals surface area contributed by atoms with Gasteiger partial charge in [-0.2, -0.15) is 23.5 Å². The van der Waals surface area contributed by atoms with E-state index in [9.17, 15) is 0 Å². The van der Waals surface area contributed by atoms with E-state index < -0.39 is 0 Å². The molecule has 2 heterocycles. The quantitative estimate of drug-likeness (QED) is 0.451. The summed E-state index contributed by atoms with van der Waals surface area (Å²) in [5.74, 6) is 5.21. The third kappa shape index (κ3) is 5.58. The van der Waals surface area contributed by atoms with E-state index in [1.165, 1.54) is 17.9 Å². The van der Waals surface area contributed by atoms with Gasteiger partial charge in [-0.25, -0.2) is 4.99 Å². The second-order valence-corrected chi connectivity index (χ2v) is 8.38. The van der Waals surface area contributed by atoms with E-state index in [-0.39, 0.29) is 0 Å². The van der Waals surface area contributed by atoms with Gasteiger partial charge in [0.25, 0.3) is 0 Å². The van der Waals surface area contributed by atoms with Crippen molar-refractivity contribution in [2.75, 3.05) is 37.4 Å². The van der Waals surface area contributed by atoms with Crippen LogP contribution in [0.2, 0.25) is 0 Å². The molecule has 2 rings (SSSR count). The van der Waals surface area contributed by atoms with Crippen molar-refractivity contribution in [3.05, 3.63) is 11.6 Å². The summed E-state index contributed by atoms with van der Waals surface area (Å²) < 4.78 is 2.01. The molecular weight excluding hydrogens is 340 g/mol. The first-order valence-electron chi connectivity index (χ1n) is 8.64. The predicted molar refractivity (Wildman–Crippen MR) is 106 cm³/mol. The van der Waals surface area contributed by atoms with Crippen LogP contribution in [0.3, 0.4) is 0 Å². The number of rotatable bonds is 7. The van der Waals surface area contributed by atoms with Crippen molar-refractivity contribution in [3.8, 4) is 0 Å². The van der Waals surface area contributed by atoms with Crippen molar-refractivity contribution in [3.63, 3.8) is 0 Å². The van der Waals surface area contributed by atoms with E-state index in [0.29, 0.717) is 11.8 Å². The highest BCUT2D eigenvalue weighted by Crippen LogP contribution is 2.21. The molecule has 6 nitrogen and oxygen atoms in total. The summed E-state index contributed by atoms with van der Waals surface area (Å²) in [7, 11) is 2.00. The van der Waals surface area contributed by atoms with E-state index >= 15 is 0 Å². The van der Waals surface area contributed by atoms with E-state index in [1.54, 1.807) is 0 Å². The van der Waals surface area contributed by atoms with Crippen LogP contribution in [0, 0.1) is 6.92 Å². The molecular formula is C16H30N6S2. The first kappa shape index (κ1) is 19.4. The SMILES string of the molecule is CCC1CN(C(=NCc2nnc(C)n2C)NCCCSC)CCS1. The van der Waals surface area contributed by atoms with Crippen molar-refractivity contribution >= 4 is 29.5 Å². The van der Waals surface area contributed by atoms with Gasteiger partial charge in [0.05, 0.1) is 0 Å². The molecule has 0 bridgehead atoms. The molecule has 0 radical (unpaired) electrons. The van der Waals surface area contributed by atoms with Crippen LogP contribution in [0.5, 0.6) is 0 Å². The van der Waals surface area contributed by atoms with Gasteiger partial charge in [-0.15, -0.1) is 10.2 Å². The first-order valence-corrected chi connectivity index (χ1v) is 11.1. The number of thioether (sulfide) groups is 2. The largest absolute Gasteiger partial charge is 0.356 e. The van der Waals surface area contributed by atoms with Crippen LogP contribution >= 0.6 is 23.5 Å². The molecule has 136 valence electrons. The number of aromatic nitrogens is 3. The molecule has 24 heavy (non-hydrogen) atoms. The number of guanidine groups is 1. The van der Waals surface area contributed by atoms with Crippen molar-refractivity contribution < 1.29 is 0 Å². The minimum Gasteiger partial charge on any atom is -0.356 e. The van der Waals surface area contributed by atoms with Gasteiger partial charge in [0.2, 0.25) is 0 Å². The molecule has 1 fully saturated rings. The maximum Gasteiger partial charge on any atom is 0.194 e. The lowest BCUT2D eigenvalue weighted by atomic mass is 10.3. The summed E-state index contributed by atoms with van der Waals surface area (Å²) in [6, 6.07) is 0. The zero-order valence-electron chi connectivity index (χ0n) is 15.3. The third-order valence-electron chi connectivity index (χ3n) is 4.25. The smallest absolute Gasteiger partial charge is 0.194 e. The number of hydrogen-bond acceptors (Lipinski definition) is 5. The number of nitrogens with zero attached hydrogens (tertiary/aromatic N) is 5. The normalized spacial score (nSPS) is 18.9. The Balaban J connectivity index is 2.03. The zero-order valence-corrected chi connectivity index (χ0v) is 16.9. The molecule has 0 aliphatic carbocycles. The van der Waals surface area contributed by atoms with Gasteiger partial charge in [-0.05, 0) is 31.8 Å². The van der Waals surface area contributed by atoms with Gasteiger partial charge >= 0.3 is 0 Å². The van der Waals surface area contributed by atoms with Gasteiger partial charge in [0.1, 0.15) is 12.4 Å². The minimum atomic E-state index is 0.572. The maximum absolute atomic E-state index is 4.85. The summed E-state index contributed by atoms with van der Waals surface area (Å²) in [6.45, 7) is 7.92. The van der Waals surface area contributed by atoms with E-state index in [4.69, 9.17) is 4.99 Å². The molecule has 1 saturated heterocycles. The van der Waals surface area contributed by atoms with Crippen LogP contribution in [0.4, 0.5) is 0 Å². The van der Waals surface area contributed by atoms with Gasteiger partial charge in [0.15, 0.2) is 11.8 Å². The number of hydrogen-bond donors (Lipinski definition) is 1. The zero-order chi connectivity index (χ0) is 17.4. The molecule has 1 atom stereocenters. The van der Waals surface area contributed by atoms with Crippen molar-refractivity contribution in [2.24, 2.45) is 12.0 Å². The first-order chi connectivity index (χ1) is 11.7. The molecule has 1 aliphatic rings. The van der Waals surface area contributed by atoms with Crippen molar-refractivity contribution in [2.45, 2.75) is 38.5 Å². The topological polar surface area (TPSA) is 58.3 Å². The highest BCUT2D eigenvalue weighted by Gasteiger charge is 2.21.